The van der Waals surface area contributed by atoms with E-state index in [1.54, 1.807) is 0 Å². The zero-order chi connectivity index (χ0) is 12.7. The van der Waals surface area contributed by atoms with Crippen molar-refractivity contribution in [2.75, 3.05) is 25.0 Å². The topological polar surface area (TPSA) is 19.4 Å². The lowest BCUT2D eigenvalue weighted by Crippen LogP contribution is -2.37. The van der Waals surface area contributed by atoms with Crippen LogP contribution < -0.4 is 4.90 Å². The van der Waals surface area contributed by atoms with Crippen LogP contribution in [0.25, 0.3) is 0 Å². The number of pyridine rings is 1. The Hall–Kier alpha value is -0.610. The molecule has 0 amide bonds. The Bertz CT molecular complexity index is 449. The van der Waals surface area contributed by atoms with Gasteiger partial charge in [-0.3, -0.25) is 4.90 Å². The maximum atomic E-state index is 4.57. The van der Waals surface area contributed by atoms with Crippen LogP contribution in [0, 0.1) is 6.92 Å². The number of rotatable bonds is 1. The third kappa shape index (κ3) is 2.16. The number of hydrogen-bond donors (Lipinski definition) is 0. The average Bonchev–Trinajstić information content (AvgIpc) is 2.57. The lowest BCUT2D eigenvalue weighted by molar-refractivity contribution is 0.254. The van der Waals surface area contributed by atoms with Crippen LogP contribution in [0.2, 0.25) is 0 Å². The van der Waals surface area contributed by atoms with Crippen LogP contribution in [-0.2, 0) is 0 Å². The maximum absolute atomic E-state index is 4.57. The van der Waals surface area contributed by atoms with Crippen LogP contribution in [-0.4, -0.2) is 42.1 Å². The summed E-state index contributed by atoms with van der Waals surface area (Å²) in [6, 6.07) is 3.70. The summed E-state index contributed by atoms with van der Waals surface area (Å²) in [5.41, 5.74) is 1.27. The van der Waals surface area contributed by atoms with Gasteiger partial charge in [-0.25, -0.2) is 4.98 Å². The van der Waals surface area contributed by atoms with E-state index in [1.165, 1.54) is 24.8 Å². The van der Waals surface area contributed by atoms with Gasteiger partial charge in [0.2, 0.25) is 0 Å². The van der Waals surface area contributed by atoms with Crippen molar-refractivity contribution in [1.29, 1.82) is 0 Å². The highest BCUT2D eigenvalue weighted by molar-refractivity contribution is 9.10. The predicted octanol–water partition coefficient (Wildman–Crippen LogP) is 2.83. The molecule has 2 aliphatic rings. The molecule has 98 valence electrons. The van der Waals surface area contributed by atoms with Crippen molar-refractivity contribution in [1.82, 2.24) is 9.88 Å². The molecule has 4 heteroatoms. The number of aromatic nitrogens is 1. The third-order valence-corrected chi connectivity index (χ3v) is 5.34. The molecular weight excluding hydrogens is 290 g/mol. The van der Waals surface area contributed by atoms with Crippen LogP contribution in [0.5, 0.6) is 0 Å². The summed E-state index contributed by atoms with van der Waals surface area (Å²) >= 11 is 3.52. The number of anilines is 1. The number of likely N-dealkylation sites (N-methyl/N-ethyl adjacent to an activating group) is 1. The molecule has 2 aliphatic heterocycles. The molecule has 2 bridgehead atoms. The van der Waals surface area contributed by atoms with Gasteiger partial charge in [0.25, 0.3) is 0 Å². The van der Waals surface area contributed by atoms with E-state index in [2.05, 4.69) is 50.8 Å². The molecule has 2 unspecified atom stereocenters. The van der Waals surface area contributed by atoms with Crippen molar-refractivity contribution in [2.45, 2.75) is 38.3 Å². The second-order valence-corrected chi connectivity index (χ2v) is 6.43. The van der Waals surface area contributed by atoms with Crippen molar-refractivity contribution in [2.24, 2.45) is 0 Å². The molecule has 2 saturated heterocycles. The number of aryl methyl sites for hydroxylation is 1. The van der Waals surface area contributed by atoms with E-state index >= 15 is 0 Å². The quantitative estimate of drug-likeness (QED) is 0.795. The molecule has 0 saturated carbocycles. The van der Waals surface area contributed by atoms with Gasteiger partial charge in [0.05, 0.1) is 0 Å². The Morgan fingerprint density at radius 3 is 2.83 bits per heavy atom. The van der Waals surface area contributed by atoms with Gasteiger partial charge in [-0.2, -0.15) is 0 Å². The second kappa shape index (κ2) is 4.82. The van der Waals surface area contributed by atoms with Crippen LogP contribution in [0.1, 0.15) is 24.8 Å². The van der Waals surface area contributed by atoms with Gasteiger partial charge in [-0.1, -0.05) is 0 Å². The largest absolute Gasteiger partial charge is 0.355 e. The minimum atomic E-state index is 0.711. The van der Waals surface area contributed by atoms with Crippen LogP contribution in [0.4, 0.5) is 5.82 Å². The zero-order valence-electron chi connectivity index (χ0n) is 11.1. The number of hydrogen-bond acceptors (Lipinski definition) is 3. The number of nitrogens with zero attached hydrogens (tertiary/aromatic N) is 3. The monoisotopic (exact) mass is 309 g/mol. The fraction of sp³-hybridized carbons (Fsp3) is 0.643. The van der Waals surface area contributed by atoms with E-state index < -0.39 is 0 Å². The first-order valence-corrected chi connectivity index (χ1v) is 7.53. The lowest BCUT2D eigenvalue weighted by Gasteiger charge is -2.27. The van der Waals surface area contributed by atoms with E-state index in [4.69, 9.17) is 0 Å². The summed E-state index contributed by atoms with van der Waals surface area (Å²) < 4.78 is 1.10. The van der Waals surface area contributed by atoms with E-state index in [-0.39, 0.29) is 0 Å². The van der Waals surface area contributed by atoms with Gasteiger partial charge in [0, 0.05) is 35.8 Å². The minimum Gasteiger partial charge on any atom is -0.355 e. The van der Waals surface area contributed by atoms with Crippen molar-refractivity contribution in [3.8, 4) is 0 Å². The van der Waals surface area contributed by atoms with Crippen molar-refractivity contribution >= 4 is 21.7 Å². The van der Waals surface area contributed by atoms with E-state index in [9.17, 15) is 0 Å². The summed E-state index contributed by atoms with van der Waals surface area (Å²) in [4.78, 5) is 9.61. The first-order chi connectivity index (χ1) is 8.65. The molecule has 1 aromatic heterocycles. The Balaban J connectivity index is 1.82. The van der Waals surface area contributed by atoms with Crippen LogP contribution in [0.3, 0.4) is 0 Å². The average molecular weight is 310 g/mol. The van der Waals surface area contributed by atoms with Gasteiger partial charge in [0.1, 0.15) is 5.82 Å². The molecule has 3 rings (SSSR count). The first-order valence-electron chi connectivity index (χ1n) is 6.74. The Morgan fingerprint density at radius 1 is 1.28 bits per heavy atom. The standard InChI is InChI=1S/C14H20BrN3/c1-10-7-14(16-8-13(10)15)18-6-5-11-3-4-12(9-18)17(11)2/h7-8,11-12H,3-6,9H2,1-2H3. The molecule has 18 heavy (non-hydrogen) atoms. The van der Waals surface area contributed by atoms with Crippen LogP contribution >= 0.6 is 15.9 Å². The molecular formula is C14H20BrN3. The SMILES string of the molecule is Cc1cc(N2CCC3CCC(C2)N3C)ncc1Br. The Kier molecular flexibility index (Phi) is 3.32. The fourth-order valence-corrected chi connectivity index (χ4v) is 3.43. The number of fused-ring (bicyclic) bond motifs is 2. The predicted molar refractivity (Wildman–Crippen MR) is 78.1 cm³/mol. The molecule has 0 aliphatic carbocycles. The van der Waals surface area contributed by atoms with Crippen molar-refractivity contribution < 1.29 is 0 Å². The molecule has 0 N–H and O–H groups in total. The third-order valence-electron chi connectivity index (χ3n) is 4.50. The molecule has 3 heterocycles. The van der Waals surface area contributed by atoms with E-state index in [0.717, 1.165) is 29.4 Å². The molecule has 2 fully saturated rings. The smallest absolute Gasteiger partial charge is 0.128 e. The first kappa shape index (κ1) is 12.4. The molecule has 2 atom stereocenters. The highest BCUT2D eigenvalue weighted by atomic mass is 79.9. The molecule has 3 nitrogen and oxygen atoms in total. The van der Waals surface area contributed by atoms with Crippen molar-refractivity contribution in [3.05, 3.63) is 22.3 Å². The highest BCUT2D eigenvalue weighted by Crippen LogP contribution is 2.30. The zero-order valence-corrected chi connectivity index (χ0v) is 12.7. The summed E-state index contributed by atoms with van der Waals surface area (Å²) in [5, 5.41) is 0. The van der Waals surface area contributed by atoms with E-state index in [1.807, 2.05) is 6.20 Å². The van der Waals surface area contributed by atoms with Gasteiger partial charge in [0.15, 0.2) is 0 Å². The fourth-order valence-electron chi connectivity index (χ4n) is 3.21. The van der Waals surface area contributed by atoms with Gasteiger partial charge in [-0.05, 0) is 60.8 Å². The summed E-state index contributed by atoms with van der Waals surface area (Å²) in [6.07, 6.45) is 5.91. The summed E-state index contributed by atoms with van der Waals surface area (Å²) in [7, 11) is 2.28. The molecule has 0 aromatic carbocycles. The van der Waals surface area contributed by atoms with Crippen molar-refractivity contribution in [3.63, 3.8) is 0 Å². The summed E-state index contributed by atoms with van der Waals surface area (Å²) in [6.45, 7) is 4.39. The number of halogens is 1. The minimum absolute atomic E-state index is 0.711. The Morgan fingerprint density at radius 2 is 2.06 bits per heavy atom. The summed E-state index contributed by atoms with van der Waals surface area (Å²) in [5.74, 6) is 1.14. The van der Waals surface area contributed by atoms with Gasteiger partial charge in [-0.15, -0.1) is 0 Å². The normalized spacial score (nSPS) is 28.5. The highest BCUT2D eigenvalue weighted by Gasteiger charge is 2.34. The van der Waals surface area contributed by atoms with Gasteiger partial charge >= 0.3 is 0 Å². The maximum Gasteiger partial charge on any atom is 0.128 e. The molecule has 1 aromatic rings. The molecule has 0 radical (unpaired) electrons. The lowest BCUT2D eigenvalue weighted by atomic mass is 10.1. The Labute approximate surface area is 117 Å². The second-order valence-electron chi connectivity index (χ2n) is 5.58. The van der Waals surface area contributed by atoms with Crippen LogP contribution in [0.15, 0.2) is 16.7 Å². The molecule has 0 spiro atoms. The van der Waals surface area contributed by atoms with E-state index in [0.29, 0.717) is 6.04 Å². The van der Waals surface area contributed by atoms with Gasteiger partial charge < -0.3 is 4.90 Å².